The maximum atomic E-state index is 13.0. The minimum Gasteiger partial charge on any atom is -0.454 e. The number of anilines is 2. The third-order valence-corrected chi connectivity index (χ3v) is 4.32. The standard InChI is InChI=1S/C22H17FN2O4/c23-16-7-4-14(5-8-16)10-21(26)24-17-2-1-3-18(12-17)25-22(27)15-6-9-19-20(11-15)29-13-28-19/h1-9,11-12H,10,13H2,(H,24,26)(H,25,27). The number of amides is 2. The predicted octanol–water partition coefficient (Wildman–Crippen LogP) is 3.99. The molecule has 1 aliphatic rings. The Morgan fingerprint density at radius 1 is 0.862 bits per heavy atom. The van der Waals surface area contributed by atoms with E-state index < -0.39 is 0 Å². The van der Waals surface area contributed by atoms with Gasteiger partial charge in [0.15, 0.2) is 11.5 Å². The minimum atomic E-state index is -0.347. The van der Waals surface area contributed by atoms with Crippen LogP contribution in [0.5, 0.6) is 11.5 Å². The van der Waals surface area contributed by atoms with Crippen molar-refractivity contribution in [2.24, 2.45) is 0 Å². The monoisotopic (exact) mass is 392 g/mol. The molecule has 4 rings (SSSR count). The summed E-state index contributed by atoms with van der Waals surface area (Å²) in [5.74, 6) is 0.237. The van der Waals surface area contributed by atoms with E-state index in [4.69, 9.17) is 9.47 Å². The number of fused-ring (bicyclic) bond motifs is 1. The average molecular weight is 392 g/mol. The highest BCUT2D eigenvalue weighted by atomic mass is 19.1. The van der Waals surface area contributed by atoms with E-state index in [2.05, 4.69) is 10.6 Å². The van der Waals surface area contributed by atoms with Gasteiger partial charge in [-0.05, 0) is 54.1 Å². The highest BCUT2D eigenvalue weighted by Gasteiger charge is 2.16. The maximum absolute atomic E-state index is 13.0. The van der Waals surface area contributed by atoms with Gasteiger partial charge in [0, 0.05) is 16.9 Å². The van der Waals surface area contributed by atoms with Gasteiger partial charge < -0.3 is 20.1 Å². The van der Waals surface area contributed by atoms with Gasteiger partial charge in [-0.15, -0.1) is 0 Å². The Balaban J connectivity index is 1.39. The third-order valence-electron chi connectivity index (χ3n) is 4.32. The van der Waals surface area contributed by atoms with E-state index in [0.717, 1.165) is 0 Å². The predicted molar refractivity (Wildman–Crippen MR) is 106 cm³/mol. The van der Waals surface area contributed by atoms with Gasteiger partial charge in [-0.25, -0.2) is 4.39 Å². The maximum Gasteiger partial charge on any atom is 0.255 e. The van der Waals surface area contributed by atoms with Crippen LogP contribution in [0.2, 0.25) is 0 Å². The number of carbonyl (C=O) groups excluding carboxylic acids is 2. The van der Waals surface area contributed by atoms with E-state index in [1.54, 1.807) is 54.6 Å². The number of ether oxygens (including phenoxy) is 2. The average Bonchev–Trinajstić information content (AvgIpc) is 3.18. The van der Waals surface area contributed by atoms with E-state index in [1.807, 2.05) is 0 Å². The van der Waals surface area contributed by atoms with E-state index >= 15 is 0 Å². The molecule has 0 radical (unpaired) electrons. The van der Waals surface area contributed by atoms with Crippen molar-refractivity contribution in [2.75, 3.05) is 17.4 Å². The van der Waals surface area contributed by atoms with E-state index in [9.17, 15) is 14.0 Å². The quantitative estimate of drug-likeness (QED) is 0.688. The van der Waals surface area contributed by atoms with Gasteiger partial charge in [0.05, 0.1) is 6.42 Å². The van der Waals surface area contributed by atoms with Crippen LogP contribution >= 0.6 is 0 Å². The molecule has 6 nitrogen and oxygen atoms in total. The molecule has 29 heavy (non-hydrogen) atoms. The molecule has 0 bridgehead atoms. The molecule has 1 aliphatic heterocycles. The molecule has 0 aromatic heterocycles. The van der Waals surface area contributed by atoms with Crippen molar-refractivity contribution >= 4 is 23.2 Å². The number of hydrogen-bond acceptors (Lipinski definition) is 4. The van der Waals surface area contributed by atoms with Crippen molar-refractivity contribution in [1.29, 1.82) is 0 Å². The van der Waals surface area contributed by atoms with Gasteiger partial charge in [0.2, 0.25) is 12.7 Å². The molecule has 0 spiro atoms. The molecule has 3 aromatic carbocycles. The van der Waals surface area contributed by atoms with E-state index in [-0.39, 0.29) is 30.8 Å². The Labute approximate surface area is 166 Å². The summed E-state index contributed by atoms with van der Waals surface area (Å²) in [6.45, 7) is 0.139. The zero-order valence-corrected chi connectivity index (χ0v) is 15.3. The number of benzene rings is 3. The van der Waals surface area contributed by atoms with Crippen LogP contribution in [0.1, 0.15) is 15.9 Å². The molecule has 1 heterocycles. The van der Waals surface area contributed by atoms with Gasteiger partial charge in [-0.3, -0.25) is 9.59 Å². The lowest BCUT2D eigenvalue weighted by molar-refractivity contribution is -0.115. The van der Waals surface area contributed by atoms with Crippen LogP contribution in [0.15, 0.2) is 66.7 Å². The molecular weight excluding hydrogens is 375 g/mol. The molecule has 0 saturated heterocycles. The van der Waals surface area contributed by atoms with Crippen LogP contribution in [0.3, 0.4) is 0 Å². The number of carbonyl (C=O) groups is 2. The number of rotatable bonds is 5. The number of nitrogens with one attached hydrogen (secondary N) is 2. The van der Waals surface area contributed by atoms with Crippen molar-refractivity contribution in [3.8, 4) is 11.5 Å². The summed E-state index contributed by atoms with van der Waals surface area (Å²) in [5.41, 5.74) is 2.21. The van der Waals surface area contributed by atoms with Crippen LogP contribution in [0.25, 0.3) is 0 Å². The van der Waals surface area contributed by atoms with Crippen LogP contribution in [-0.4, -0.2) is 18.6 Å². The first-order valence-electron chi connectivity index (χ1n) is 8.92. The summed E-state index contributed by atoms with van der Waals surface area (Å²) in [6.07, 6.45) is 0.119. The van der Waals surface area contributed by atoms with E-state index in [0.29, 0.717) is 34.0 Å². The Bertz CT molecular complexity index is 1070. The summed E-state index contributed by atoms with van der Waals surface area (Å²) >= 11 is 0. The molecule has 0 atom stereocenters. The highest BCUT2D eigenvalue weighted by molar-refractivity contribution is 6.05. The van der Waals surface area contributed by atoms with Gasteiger partial charge >= 0.3 is 0 Å². The first-order chi connectivity index (χ1) is 14.1. The molecule has 0 saturated carbocycles. The van der Waals surface area contributed by atoms with Crippen molar-refractivity contribution in [2.45, 2.75) is 6.42 Å². The second-order valence-corrected chi connectivity index (χ2v) is 6.45. The van der Waals surface area contributed by atoms with Crippen molar-refractivity contribution in [1.82, 2.24) is 0 Å². The number of halogens is 1. The Morgan fingerprint density at radius 2 is 1.59 bits per heavy atom. The zero-order valence-electron chi connectivity index (χ0n) is 15.3. The molecule has 0 fully saturated rings. The molecule has 0 aliphatic carbocycles. The third kappa shape index (κ3) is 4.52. The lowest BCUT2D eigenvalue weighted by atomic mass is 10.1. The van der Waals surface area contributed by atoms with Gasteiger partial charge in [0.1, 0.15) is 5.82 Å². The Hall–Kier alpha value is -3.87. The molecule has 7 heteroatoms. The second kappa shape index (κ2) is 8.02. The first kappa shape index (κ1) is 18.5. The summed E-state index contributed by atoms with van der Waals surface area (Å²) in [6, 6.07) is 17.5. The normalized spacial score (nSPS) is 11.8. The van der Waals surface area contributed by atoms with Gasteiger partial charge in [-0.1, -0.05) is 18.2 Å². The molecule has 0 unspecified atom stereocenters. The summed E-state index contributed by atoms with van der Waals surface area (Å²) < 4.78 is 23.5. The zero-order chi connectivity index (χ0) is 20.2. The fourth-order valence-corrected chi connectivity index (χ4v) is 2.91. The topological polar surface area (TPSA) is 76.7 Å². The van der Waals surface area contributed by atoms with Crippen molar-refractivity contribution < 1.29 is 23.5 Å². The van der Waals surface area contributed by atoms with Crippen LogP contribution < -0.4 is 20.1 Å². The summed E-state index contributed by atoms with van der Waals surface area (Å²) in [4.78, 5) is 24.7. The lowest BCUT2D eigenvalue weighted by Gasteiger charge is -2.09. The van der Waals surface area contributed by atoms with Gasteiger partial charge in [-0.2, -0.15) is 0 Å². The smallest absolute Gasteiger partial charge is 0.255 e. The lowest BCUT2D eigenvalue weighted by Crippen LogP contribution is -2.15. The minimum absolute atomic E-state index is 0.119. The fourth-order valence-electron chi connectivity index (χ4n) is 2.91. The van der Waals surface area contributed by atoms with E-state index in [1.165, 1.54) is 12.1 Å². The van der Waals surface area contributed by atoms with Crippen molar-refractivity contribution in [3.05, 3.63) is 83.7 Å². The van der Waals surface area contributed by atoms with Crippen LogP contribution in [-0.2, 0) is 11.2 Å². The molecule has 2 amide bonds. The summed E-state index contributed by atoms with van der Waals surface area (Å²) in [5, 5.41) is 5.56. The SMILES string of the molecule is O=C(Cc1ccc(F)cc1)Nc1cccc(NC(=O)c2ccc3c(c2)OCO3)c1. The Morgan fingerprint density at radius 3 is 2.38 bits per heavy atom. The van der Waals surface area contributed by atoms with Crippen LogP contribution in [0.4, 0.5) is 15.8 Å². The largest absolute Gasteiger partial charge is 0.454 e. The fraction of sp³-hybridized carbons (Fsp3) is 0.0909. The highest BCUT2D eigenvalue weighted by Crippen LogP contribution is 2.32. The second-order valence-electron chi connectivity index (χ2n) is 6.45. The van der Waals surface area contributed by atoms with Gasteiger partial charge in [0.25, 0.3) is 5.91 Å². The van der Waals surface area contributed by atoms with Crippen molar-refractivity contribution in [3.63, 3.8) is 0 Å². The summed E-state index contributed by atoms with van der Waals surface area (Å²) in [7, 11) is 0. The molecule has 2 N–H and O–H groups in total. The Kier molecular flexibility index (Phi) is 5.11. The number of hydrogen-bond donors (Lipinski definition) is 2. The van der Waals surface area contributed by atoms with Crippen LogP contribution in [0, 0.1) is 5.82 Å². The first-order valence-corrected chi connectivity index (χ1v) is 8.92. The molecular formula is C22H17FN2O4. The molecule has 3 aromatic rings. The molecule has 146 valence electrons.